The van der Waals surface area contributed by atoms with Gasteiger partial charge in [-0.05, 0) is 54.7 Å². The minimum atomic E-state index is 0.0902. The van der Waals surface area contributed by atoms with E-state index in [2.05, 4.69) is 23.7 Å². The Hall–Kier alpha value is -0.540. The normalized spacial score (nSPS) is 12.7. The lowest BCUT2D eigenvalue weighted by Crippen LogP contribution is -2.18. The minimum absolute atomic E-state index is 0.0902. The van der Waals surface area contributed by atoms with Crippen LogP contribution in [0.3, 0.4) is 0 Å². The van der Waals surface area contributed by atoms with Gasteiger partial charge in [0, 0.05) is 14.9 Å². The fourth-order valence-electron chi connectivity index (χ4n) is 1.91. The number of rotatable bonds is 3. The van der Waals surface area contributed by atoms with Crippen LogP contribution in [0, 0.1) is 6.92 Å². The first-order chi connectivity index (χ1) is 8.13. The minimum Gasteiger partial charge on any atom is -0.309 e. The summed E-state index contributed by atoms with van der Waals surface area (Å²) in [6.45, 7) is 2.11. The van der Waals surface area contributed by atoms with E-state index in [4.69, 9.17) is 23.2 Å². The van der Waals surface area contributed by atoms with Gasteiger partial charge in [0.25, 0.3) is 0 Å². The van der Waals surface area contributed by atoms with Gasteiger partial charge in [-0.1, -0.05) is 23.2 Å². The molecule has 0 aliphatic carbocycles. The second-order valence-corrected chi connectivity index (χ2v) is 5.78. The number of thiophene rings is 1. The van der Waals surface area contributed by atoms with Gasteiger partial charge < -0.3 is 5.32 Å². The Morgan fingerprint density at radius 2 is 1.94 bits per heavy atom. The Morgan fingerprint density at radius 3 is 2.53 bits per heavy atom. The third-order valence-electron chi connectivity index (χ3n) is 2.77. The van der Waals surface area contributed by atoms with Crippen LogP contribution in [0.1, 0.15) is 22.0 Å². The lowest BCUT2D eigenvalue weighted by atomic mass is 9.99. The maximum atomic E-state index is 6.24. The van der Waals surface area contributed by atoms with E-state index in [1.54, 1.807) is 17.4 Å². The van der Waals surface area contributed by atoms with Crippen LogP contribution in [0.15, 0.2) is 29.6 Å². The highest BCUT2D eigenvalue weighted by Gasteiger charge is 2.18. The highest BCUT2D eigenvalue weighted by molar-refractivity contribution is 7.10. The molecular weight excluding hydrogens is 273 g/mol. The maximum Gasteiger partial charge on any atom is 0.0600 e. The van der Waals surface area contributed by atoms with Gasteiger partial charge in [0.2, 0.25) is 0 Å². The van der Waals surface area contributed by atoms with Crippen molar-refractivity contribution in [2.75, 3.05) is 7.05 Å². The van der Waals surface area contributed by atoms with Gasteiger partial charge in [0.15, 0.2) is 0 Å². The van der Waals surface area contributed by atoms with Crippen molar-refractivity contribution in [3.8, 4) is 0 Å². The molecule has 0 aliphatic rings. The monoisotopic (exact) mass is 285 g/mol. The summed E-state index contributed by atoms with van der Waals surface area (Å²) in [4.78, 5) is 1.29. The Morgan fingerprint density at radius 1 is 1.18 bits per heavy atom. The summed E-state index contributed by atoms with van der Waals surface area (Å²) >= 11 is 14.0. The second kappa shape index (κ2) is 5.40. The number of benzene rings is 1. The largest absolute Gasteiger partial charge is 0.309 e. The molecule has 0 fully saturated rings. The zero-order valence-electron chi connectivity index (χ0n) is 9.63. The fourth-order valence-corrected chi connectivity index (χ4v) is 3.06. The lowest BCUT2D eigenvalue weighted by Gasteiger charge is -2.18. The predicted molar refractivity (Wildman–Crippen MR) is 76.4 cm³/mol. The van der Waals surface area contributed by atoms with Gasteiger partial charge in [-0.15, -0.1) is 11.3 Å². The SMILES string of the molecule is CNC(c1cc(Cl)ccc1Cl)c1ccsc1C. The molecule has 2 aromatic rings. The van der Waals surface area contributed by atoms with Crippen molar-refractivity contribution in [3.63, 3.8) is 0 Å². The molecule has 1 atom stereocenters. The molecule has 1 aromatic carbocycles. The average Bonchev–Trinajstić information content (AvgIpc) is 2.71. The fraction of sp³-hybridized carbons (Fsp3) is 0.231. The molecule has 0 bridgehead atoms. The molecule has 0 saturated heterocycles. The Kier molecular flexibility index (Phi) is 4.10. The van der Waals surface area contributed by atoms with Gasteiger partial charge in [-0.3, -0.25) is 0 Å². The Balaban J connectivity index is 2.49. The molecule has 0 spiro atoms. The van der Waals surface area contributed by atoms with Crippen molar-refractivity contribution in [2.45, 2.75) is 13.0 Å². The second-order valence-electron chi connectivity index (χ2n) is 3.82. The summed E-state index contributed by atoms with van der Waals surface area (Å²) in [7, 11) is 1.93. The van der Waals surface area contributed by atoms with Crippen LogP contribution in [-0.2, 0) is 0 Å². The van der Waals surface area contributed by atoms with Crippen LogP contribution in [0.2, 0.25) is 10.0 Å². The number of nitrogens with one attached hydrogen (secondary N) is 1. The van der Waals surface area contributed by atoms with Crippen LogP contribution in [-0.4, -0.2) is 7.05 Å². The van der Waals surface area contributed by atoms with E-state index in [-0.39, 0.29) is 6.04 Å². The standard InChI is InChI=1S/C13H13Cl2NS/c1-8-10(5-6-17-8)13(16-2)11-7-9(14)3-4-12(11)15/h3-7,13,16H,1-2H3. The molecule has 90 valence electrons. The van der Waals surface area contributed by atoms with E-state index < -0.39 is 0 Å². The third kappa shape index (κ3) is 2.66. The zero-order chi connectivity index (χ0) is 12.4. The summed E-state index contributed by atoms with van der Waals surface area (Å²) < 4.78 is 0. The lowest BCUT2D eigenvalue weighted by molar-refractivity contribution is 0.691. The van der Waals surface area contributed by atoms with Crippen molar-refractivity contribution in [2.24, 2.45) is 0 Å². The first kappa shape index (κ1) is 12.9. The van der Waals surface area contributed by atoms with Crippen molar-refractivity contribution < 1.29 is 0 Å². The van der Waals surface area contributed by atoms with Gasteiger partial charge in [0.05, 0.1) is 6.04 Å². The summed E-state index contributed by atoms with van der Waals surface area (Å²) in [6, 6.07) is 7.78. The van der Waals surface area contributed by atoms with Gasteiger partial charge in [0.1, 0.15) is 0 Å². The van der Waals surface area contributed by atoms with E-state index in [0.29, 0.717) is 5.02 Å². The molecule has 0 saturated carbocycles. The van der Waals surface area contributed by atoms with Gasteiger partial charge >= 0.3 is 0 Å². The van der Waals surface area contributed by atoms with Crippen molar-refractivity contribution in [3.05, 3.63) is 55.7 Å². The number of halogens is 2. The smallest absolute Gasteiger partial charge is 0.0600 e. The molecule has 0 amide bonds. The van der Waals surface area contributed by atoms with E-state index in [1.165, 1.54) is 10.4 Å². The van der Waals surface area contributed by atoms with E-state index >= 15 is 0 Å². The highest BCUT2D eigenvalue weighted by atomic mass is 35.5. The predicted octanol–water partition coefficient (Wildman–Crippen LogP) is 4.67. The number of hydrogen-bond acceptors (Lipinski definition) is 2. The van der Waals surface area contributed by atoms with Crippen molar-refractivity contribution >= 4 is 34.5 Å². The molecule has 1 N–H and O–H groups in total. The van der Waals surface area contributed by atoms with Crippen LogP contribution < -0.4 is 5.32 Å². The first-order valence-corrected chi connectivity index (χ1v) is 6.93. The average molecular weight is 286 g/mol. The zero-order valence-corrected chi connectivity index (χ0v) is 12.0. The third-order valence-corrected chi connectivity index (χ3v) is 4.21. The molecule has 0 radical (unpaired) electrons. The van der Waals surface area contributed by atoms with Crippen molar-refractivity contribution in [1.29, 1.82) is 0 Å². The quantitative estimate of drug-likeness (QED) is 0.864. The van der Waals surface area contributed by atoms with E-state index in [9.17, 15) is 0 Å². The molecule has 1 unspecified atom stereocenters. The Labute approximate surface area is 115 Å². The maximum absolute atomic E-state index is 6.24. The number of aryl methyl sites for hydroxylation is 1. The van der Waals surface area contributed by atoms with E-state index in [1.807, 2.05) is 19.2 Å². The molecular formula is C13H13Cl2NS. The van der Waals surface area contributed by atoms with Crippen LogP contribution >= 0.6 is 34.5 Å². The van der Waals surface area contributed by atoms with Gasteiger partial charge in [-0.2, -0.15) is 0 Å². The summed E-state index contributed by atoms with van der Waals surface area (Å²) in [5.41, 5.74) is 2.27. The highest BCUT2D eigenvalue weighted by Crippen LogP contribution is 2.33. The molecule has 2 rings (SSSR count). The molecule has 1 aromatic heterocycles. The topological polar surface area (TPSA) is 12.0 Å². The van der Waals surface area contributed by atoms with Crippen molar-refractivity contribution in [1.82, 2.24) is 5.32 Å². The van der Waals surface area contributed by atoms with Gasteiger partial charge in [-0.25, -0.2) is 0 Å². The Bertz CT molecular complexity index is 522. The van der Waals surface area contributed by atoms with E-state index in [0.717, 1.165) is 10.6 Å². The summed E-state index contributed by atoms with van der Waals surface area (Å²) in [5.74, 6) is 0. The van der Waals surface area contributed by atoms with Crippen LogP contribution in [0.25, 0.3) is 0 Å². The molecule has 17 heavy (non-hydrogen) atoms. The number of hydrogen-bond donors (Lipinski definition) is 1. The van der Waals surface area contributed by atoms with Crippen LogP contribution in [0.4, 0.5) is 0 Å². The molecule has 0 aliphatic heterocycles. The molecule has 1 nitrogen and oxygen atoms in total. The van der Waals surface area contributed by atoms with Crippen LogP contribution in [0.5, 0.6) is 0 Å². The molecule has 4 heteroatoms. The summed E-state index contributed by atoms with van der Waals surface area (Å²) in [6.07, 6.45) is 0. The first-order valence-electron chi connectivity index (χ1n) is 5.29. The summed E-state index contributed by atoms with van der Waals surface area (Å²) in [5, 5.41) is 6.83. The molecule has 1 heterocycles.